The van der Waals surface area contributed by atoms with Crippen LogP contribution in [0.15, 0.2) is 54.7 Å². The van der Waals surface area contributed by atoms with Gasteiger partial charge in [-0.15, -0.1) is 0 Å². The third-order valence-electron chi connectivity index (χ3n) is 3.96. The molecule has 0 bridgehead atoms. The standard InChI is InChI=1S/C19H17F3N2O/c1-24-12-17(19(20,21)22)18(23-24)16-6-4-3-5-14(16)11-13-7-9-15(25-2)10-8-13/h3-10,12H,11H2,1-2H3. The minimum Gasteiger partial charge on any atom is -0.497 e. The van der Waals surface area contributed by atoms with Crippen molar-refractivity contribution in [3.63, 3.8) is 0 Å². The molecule has 0 atom stereocenters. The van der Waals surface area contributed by atoms with Crippen molar-refractivity contribution in [2.24, 2.45) is 7.05 Å². The predicted octanol–water partition coefficient (Wildman–Crippen LogP) is 4.71. The summed E-state index contributed by atoms with van der Waals surface area (Å²) in [5, 5.41) is 4.05. The van der Waals surface area contributed by atoms with Gasteiger partial charge in [0, 0.05) is 18.8 Å². The Balaban J connectivity index is 2.02. The molecule has 1 heterocycles. The SMILES string of the molecule is COc1ccc(Cc2ccccc2-c2nn(C)cc2C(F)(F)F)cc1. The summed E-state index contributed by atoms with van der Waals surface area (Å²) in [5.41, 5.74) is 1.50. The van der Waals surface area contributed by atoms with E-state index in [1.807, 2.05) is 36.4 Å². The van der Waals surface area contributed by atoms with Crippen LogP contribution in [-0.4, -0.2) is 16.9 Å². The molecule has 0 aliphatic carbocycles. The zero-order valence-electron chi connectivity index (χ0n) is 13.8. The van der Waals surface area contributed by atoms with Crippen molar-refractivity contribution in [2.45, 2.75) is 12.6 Å². The first-order chi connectivity index (χ1) is 11.9. The smallest absolute Gasteiger partial charge is 0.420 e. The molecule has 1 aromatic heterocycles. The average Bonchev–Trinajstić information content (AvgIpc) is 2.98. The van der Waals surface area contributed by atoms with Gasteiger partial charge in [0.25, 0.3) is 0 Å². The average molecular weight is 346 g/mol. The minimum absolute atomic E-state index is 0.0425. The van der Waals surface area contributed by atoms with Crippen LogP contribution in [-0.2, 0) is 19.6 Å². The third kappa shape index (κ3) is 3.68. The van der Waals surface area contributed by atoms with Crippen molar-refractivity contribution in [3.05, 3.63) is 71.4 Å². The van der Waals surface area contributed by atoms with Crippen molar-refractivity contribution in [2.75, 3.05) is 7.11 Å². The second-order valence-corrected chi connectivity index (χ2v) is 5.74. The van der Waals surface area contributed by atoms with Crippen LogP contribution >= 0.6 is 0 Å². The van der Waals surface area contributed by atoms with Gasteiger partial charge in [0.2, 0.25) is 0 Å². The number of ether oxygens (including phenoxy) is 1. The maximum absolute atomic E-state index is 13.3. The van der Waals surface area contributed by atoms with Crippen LogP contribution in [0.1, 0.15) is 16.7 Å². The first-order valence-corrected chi connectivity index (χ1v) is 7.70. The Labute approximate surface area is 143 Å². The van der Waals surface area contributed by atoms with Gasteiger partial charge in [-0.05, 0) is 29.7 Å². The molecule has 3 rings (SSSR count). The molecule has 0 amide bonds. The lowest BCUT2D eigenvalue weighted by molar-refractivity contribution is -0.137. The van der Waals surface area contributed by atoms with E-state index in [2.05, 4.69) is 5.10 Å². The molecule has 3 aromatic rings. The molecular weight excluding hydrogens is 329 g/mol. The third-order valence-corrected chi connectivity index (χ3v) is 3.96. The molecule has 2 aromatic carbocycles. The number of hydrogen-bond acceptors (Lipinski definition) is 2. The van der Waals surface area contributed by atoms with Crippen LogP contribution in [0.2, 0.25) is 0 Å². The molecule has 0 fully saturated rings. The van der Waals surface area contributed by atoms with Gasteiger partial charge in [0.05, 0.1) is 7.11 Å². The maximum Gasteiger partial charge on any atom is 0.420 e. The van der Waals surface area contributed by atoms with Crippen molar-refractivity contribution < 1.29 is 17.9 Å². The fraction of sp³-hybridized carbons (Fsp3) is 0.211. The van der Waals surface area contributed by atoms with Gasteiger partial charge in [0.1, 0.15) is 17.0 Å². The number of nitrogens with zero attached hydrogens (tertiary/aromatic N) is 2. The number of rotatable bonds is 4. The van der Waals surface area contributed by atoms with Crippen molar-refractivity contribution >= 4 is 0 Å². The van der Waals surface area contributed by atoms with Crippen LogP contribution in [0.25, 0.3) is 11.3 Å². The summed E-state index contributed by atoms with van der Waals surface area (Å²) in [4.78, 5) is 0. The van der Waals surface area contributed by atoms with Gasteiger partial charge in [-0.2, -0.15) is 18.3 Å². The van der Waals surface area contributed by atoms with Crippen LogP contribution in [0, 0.1) is 0 Å². The van der Waals surface area contributed by atoms with Gasteiger partial charge in [0.15, 0.2) is 0 Å². The van der Waals surface area contributed by atoms with E-state index >= 15 is 0 Å². The van der Waals surface area contributed by atoms with E-state index < -0.39 is 11.7 Å². The quantitative estimate of drug-likeness (QED) is 0.684. The highest BCUT2D eigenvalue weighted by atomic mass is 19.4. The second-order valence-electron chi connectivity index (χ2n) is 5.74. The van der Waals surface area contributed by atoms with Gasteiger partial charge < -0.3 is 4.74 Å². The number of halogens is 3. The lowest BCUT2D eigenvalue weighted by Crippen LogP contribution is -2.06. The Bertz CT molecular complexity index is 867. The molecule has 25 heavy (non-hydrogen) atoms. The van der Waals surface area contributed by atoms with Crippen molar-refractivity contribution in [3.8, 4) is 17.0 Å². The molecule has 0 saturated carbocycles. The van der Waals surface area contributed by atoms with Gasteiger partial charge >= 0.3 is 6.18 Å². The summed E-state index contributed by atoms with van der Waals surface area (Å²) in [6, 6.07) is 14.5. The molecule has 0 saturated heterocycles. The Morgan fingerprint density at radius 2 is 1.72 bits per heavy atom. The van der Waals surface area contributed by atoms with E-state index in [9.17, 15) is 13.2 Å². The molecule has 130 valence electrons. The number of benzene rings is 2. The fourth-order valence-electron chi connectivity index (χ4n) is 2.76. The van der Waals surface area contributed by atoms with E-state index in [0.29, 0.717) is 12.0 Å². The van der Waals surface area contributed by atoms with Crippen molar-refractivity contribution in [1.82, 2.24) is 9.78 Å². The summed E-state index contributed by atoms with van der Waals surface area (Å²) in [7, 11) is 3.08. The lowest BCUT2D eigenvalue weighted by Gasteiger charge is -2.11. The second kappa shape index (κ2) is 6.63. The van der Waals surface area contributed by atoms with E-state index in [0.717, 1.165) is 23.1 Å². The largest absolute Gasteiger partial charge is 0.497 e. The molecule has 3 nitrogen and oxygen atoms in total. The summed E-state index contributed by atoms with van der Waals surface area (Å²) in [5.74, 6) is 0.737. The molecule has 0 spiro atoms. The fourth-order valence-corrected chi connectivity index (χ4v) is 2.76. The number of aryl methyl sites for hydroxylation is 1. The summed E-state index contributed by atoms with van der Waals surface area (Å²) in [6.45, 7) is 0. The highest BCUT2D eigenvalue weighted by molar-refractivity contribution is 5.68. The topological polar surface area (TPSA) is 27.1 Å². The Morgan fingerprint density at radius 1 is 1.04 bits per heavy atom. The molecule has 0 N–H and O–H groups in total. The molecule has 0 unspecified atom stereocenters. The number of methoxy groups -OCH3 is 1. The van der Waals surface area contributed by atoms with E-state index in [-0.39, 0.29) is 5.69 Å². The van der Waals surface area contributed by atoms with Crippen LogP contribution in [0.4, 0.5) is 13.2 Å². The number of aromatic nitrogens is 2. The summed E-state index contributed by atoms with van der Waals surface area (Å²) < 4.78 is 46.3. The van der Waals surface area contributed by atoms with Gasteiger partial charge in [-0.3, -0.25) is 4.68 Å². The normalized spacial score (nSPS) is 11.6. The molecule has 6 heteroatoms. The number of hydrogen-bond donors (Lipinski definition) is 0. The molecule has 0 aliphatic heterocycles. The Morgan fingerprint density at radius 3 is 2.36 bits per heavy atom. The van der Waals surface area contributed by atoms with Gasteiger partial charge in [-0.1, -0.05) is 36.4 Å². The summed E-state index contributed by atoms with van der Waals surface area (Å²) >= 11 is 0. The predicted molar refractivity (Wildman–Crippen MR) is 89.4 cm³/mol. The Hall–Kier alpha value is -2.76. The molecular formula is C19H17F3N2O. The van der Waals surface area contributed by atoms with Crippen LogP contribution in [0.3, 0.4) is 0 Å². The van der Waals surface area contributed by atoms with Crippen LogP contribution < -0.4 is 4.74 Å². The lowest BCUT2D eigenvalue weighted by atomic mass is 9.96. The molecule has 0 aliphatic rings. The highest BCUT2D eigenvalue weighted by Crippen LogP contribution is 2.37. The Kier molecular flexibility index (Phi) is 4.53. The van der Waals surface area contributed by atoms with Crippen molar-refractivity contribution in [1.29, 1.82) is 0 Å². The number of alkyl halides is 3. The highest BCUT2D eigenvalue weighted by Gasteiger charge is 2.36. The van der Waals surface area contributed by atoms with E-state index in [1.54, 1.807) is 19.2 Å². The van der Waals surface area contributed by atoms with E-state index in [1.165, 1.54) is 11.7 Å². The maximum atomic E-state index is 13.3. The zero-order valence-corrected chi connectivity index (χ0v) is 13.8. The minimum atomic E-state index is -4.45. The first-order valence-electron chi connectivity index (χ1n) is 7.70. The molecule has 0 radical (unpaired) electrons. The van der Waals surface area contributed by atoms with Gasteiger partial charge in [-0.25, -0.2) is 0 Å². The first kappa shape index (κ1) is 17.1. The van der Waals surface area contributed by atoms with Crippen LogP contribution in [0.5, 0.6) is 5.75 Å². The monoisotopic (exact) mass is 346 g/mol. The zero-order chi connectivity index (χ0) is 18.0. The van der Waals surface area contributed by atoms with E-state index in [4.69, 9.17) is 4.74 Å². The summed E-state index contributed by atoms with van der Waals surface area (Å²) in [6.07, 6.45) is -2.93.